The molecule has 3 aliphatic rings. The highest BCUT2D eigenvalue weighted by atomic mass is 16.8. The van der Waals surface area contributed by atoms with Crippen LogP contribution in [-0.4, -0.2) is 160 Å². The van der Waals surface area contributed by atoms with Gasteiger partial charge in [-0.05, 0) is 32.0 Å². The maximum absolute atomic E-state index is 14.0. The second-order valence-electron chi connectivity index (χ2n) is 13.1. The van der Waals surface area contributed by atoms with Gasteiger partial charge in [0.15, 0.2) is 35.9 Å². The normalized spacial score (nSPS) is 37.8. The molecule has 20 nitrogen and oxygen atoms in total. The number of benzene rings is 2. The molecule has 7 unspecified atom stereocenters. The van der Waals surface area contributed by atoms with E-state index in [1.54, 1.807) is 0 Å². The summed E-state index contributed by atoms with van der Waals surface area (Å²) in [7, 11) is 0. The summed E-state index contributed by atoms with van der Waals surface area (Å²) >= 11 is 0. The Hall–Kier alpha value is -3.87. The number of rotatable bonds is 8. The van der Waals surface area contributed by atoms with Gasteiger partial charge in [0.1, 0.15) is 77.4 Å². The fraction of sp³-hybridized carbons (Fsp3) is 0.545. The van der Waals surface area contributed by atoms with Crippen LogP contribution in [0.15, 0.2) is 39.5 Å². The van der Waals surface area contributed by atoms with Gasteiger partial charge in [-0.1, -0.05) is 0 Å². The average molecular weight is 757 g/mol. The number of hydrogen-bond donors (Lipinski definition) is 12. The molecule has 3 aromatic rings. The molecule has 3 fully saturated rings. The van der Waals surface area contributed by atoms with E-state index in [1.807, 2.05) is 0 Å². The van der Waals surface area contributed by atoms with E-state index >= 15 is 0 Å². The summed E-state index contributed by atoms with van der Waals surface area (Å²) in [4.78, 5) is 14.0. The Kier molecular flexibility index (Phi) is 11.1. The number of ether oxygens (including phenoxy) is 6. The molecule has 4 heterocycles. The SMILES string of the molecule is CC1O[C@@H](OC2C(O)[C@@H](O)C(CO[C@@H]3OC(C)[C@H](O)[C@H](O)C3O)O[C@H]2Oc2c(-c3ccc(O)c(O)c3)oc3cc(O)cc(O)c3c2=O)[C@@H](O)C(O)[C@H]1O. The van der Waals surface area contributed by atoms with Crippen molar-refractivity contribution in [3.63, 3.8) is 0 Å². The van der Waals surface area contributed by atoms with Crippen LogP contribution in [0.3, 0.4) is 0 Å². The standard InChI is InChI=1S/C33H40O20/c1-9-19(38)23(42)26(45)31(48-9)47-8-17-21(40)25(44)30(53-32-27(46)24(43)20(39)10(2)49-32)33(51-17)52-29-22(41)18-15(37)6-12(34)7-16(18)50-28(29)11-3-4-13(35)14(36)5-11/h3-7,9-10,17,19-21,23-27,30-40,42-46H,8H2,1-2H3/t9?,10?,17?,19-,20-,21-,23-,24?,25?,26?,27-,30?,31+,32-,33-/m0/s1. The molecule has 3 saturated heterocycles. The molecule has 3 aliphatic heterocycles. The minimum Gasteiger partial charge on any atom is -0.508 e. The maximum Gasteiger partial charge on any atom is 0.239 e. The monoisotopic (exact) mass is 756 g/mol. The summed E-state index contributed by atoms with van der Waals surface area (Å²) in [6, 6.07) is 5.09. The lowest BCUT2D eigenvalue weighted by Gasteiger charge is -2.46. The van der Waals surface area contributed by atoms with Crippen molar-refractivity contribution in [1.29, 1.82) is 0 Å². The second kappa shape index (κ2) is 15.1. The van der Waals surface area contributed by atoms with E-state index in [0.717, 1.165) is 24.3 Å². The third-order valence-electron chi connectivity index (χ3n) is 9.37. The molecule has 6 rings (SSSR count). The van der Waals surface area contributed by atoms with Gasteiger partial charge in [-0.25, -0.2) is 0 Å². The fourth-order valence-electron chi connectivity index (χ4n) is 6.25. The molecule has 53 heavy (non-hydrogen) atoms. The van der Waals surface area contributed by atoms with Crippen molar-refractivity contribution in [2.24, 2.45) is 0 Å². The topological polar surface area (TPSA) is 328 Å². The number of phenolic OH excluding ortho intramolecular Hbond substituents is 4. The van der Waals surface area contributed by atoms with Crippen molar-refractivity contribution in [3.8, 4) is 40.1 Å². The molecule has 20 heteroatoms. The molecule has 0 saturated carbocycles. The lowest BCUT2D eigenvalue weighted by molar-refractivity contribution is -0.360. The van der Waals surface area contributed by atoms with Crippen LogP contribution in [0.4, 0.5) is 0 Å². The summed E-state index contributed by atoms with van der Waals surface area (Å²) in [5, 5.41) is 125. The molecule has 1 aromatic heterocycles. The Morgan fingerprint density at radius 2 is 1.26 bits per heavy atom. The molecule has 15 atom stereocenters. The highest BCUT2D eigenvalue weighted by Crippen LogP contribution is 2.40. The number of aromatic hydroxyl groups is 4. The number of aliphatic hydroxyl groups excluding tert-OH is 8. The molecule has 0 amide bonds. The Morgan fingerprint density at radius 1 is 0.642 bits per heavy atom. The van der Waals surface area contributed by atoms with Crippen molar-refractivity contribution in [2.45, 2.75) is 106 Å². The van der Waals surface area contributed by atoms with Crippen molar-refractivity contribution in [3.05, 3.63) is 40.6 Å². The highest BCUT2D eigenvalue weighted by molar-refractivity contribution is 5.88. The predicted molar refractivity (Wildman–Crippen MR) is 171 cm³/mol. The van der Waals surface area contributed by atoms with Crippen molar-refractivity contribution >= 4 is 11.0 Å². The van der Waals surface area contributed by atoms with Crippen LogP contribution in [0.2, 0.25) is 0 Å². The quantitative estimate of drug-likeness (QED) is 0.103. The van der Waals surface area contributed by atoms with Crippen molar-refractivity contribution < 1.29 is 94.1 Å². The van der Waals surface area contributed by atoms with Crippen LogP contribution in [0.1, 0.15) is 13.8 Å². The number of fused-ring (bicyclic) bond motifs is 1. The van der Waals surface area contributed by atoms with E-state index in [2.05, 4.69) is 0 Å². The summed E-state index contributed by atoms with van der Waals surface area (Å²) in [6.07, 6.45) is -25.1. The van der Waals surface area contributed by atoms with Gasteiger partial charge in [-0.3, -0.25) is 4.79 Å². The van der Waals surface area contributed by atoms with Gasteiger partial charge in [-0.15, -0.1) is 0 Å². The number of aliphatic hydroxyl groups is 8. The van der Waals surface area contributed by atoms with Crippen molar-refractivity contribution in [1.82, 2.24) is 0 Å². The van der Waals surface area contributed by atoms with Crippen molar-refractivity contribution in [2.75, 3.05) is 6.61 Å². The first kappa shape index (κ1) is 38.8. The van der Waals surface area contributed by atoms with Crippen LogP contribution in [0, 0.1) is 0 Å². The Balaban J connectivity index is 1.40. The van der Waals surface area contributed by atoms with Crippen LogP contribution < -0.4 is 10.2 Å². The number of hydrogen-bond acceptors (Lipinski definition) is 20. The maximum atomic E-state index is 14.0. The fourth-order valence-corrected chi connectivity index (χ4v) is 6.25. The van der Waals surface area contributed by atoms with Gasteiger partial charge >= 0.3 is 0 Å². The zero-order valence-electron chi connectivity index (χ0n) is 27.9. The first-order chi connectivity index (χ1) is 25.0. The molecule has 2 aromatic carbocycles. The van der Waals surface area contributed by atoms with Crippen LogP contribution in [-0.2, 0) is 23.7 Å². The van der Waals surface area contributed by atoms with Gasteiger partial charge in [0.05, 0.1) is 18.8 Å². The molecule has 292 valence electrons. The van der Waals surface area contributed by atoms with E-state index in [0.29, 0.717) is 0 Å². The number of phenols is 4. The van der Waals surface area contributed by atoms with E-state index < -0.39 is 144 Å². The first-order valence-electron chi connectivity index (χ1n) is 16.4. The van der Waals surface area contributed by atoms with E-state index in [-0.39, 0.29) is 11.1 Å². The molecule has 0 spiro atoms. The van der Waals surface area contributed by atoms with Crippen LogP contribution in [0.25, 0.3) is 22.3 Å². The predicted octanol–water partition coefficient (Wildman–Crippen LogP) is -2.84. The average Bonchev–Trinajstić information content (AvgIpc) is 3.11. The minimum absolute atomic E-state index is 0.0962. The summed E-state index contributed by atoms with van der Waals surface area (Å²) in [6.45, 7) is 2.05. The largest absolute Gasteiger partial charge is 0.508 e. The van der Waals surface area contributed by atoms with Crippen LogP contribution in [0.5, 0.6) is 28.7 Å². The van der Waals surface area contributed by atoms with Gasteiger partial charge in [0.25, 0.3) is 0 Å². The second-order valence-corrected chi connectivity index (χ2v) is 13.1. The zero-order chi connectivity index (χ0) is 38.6. The van der Waals surface area contributed by atoms with Gasteiger partial charge < -0.3 is 94.1 Å². The van der Waals surface area contributed by atoms with E-state index in [1.165, 1.54) is 19.9 Å². The molecule has 0 aliphatic carbocycles. The van der Waals surface area contributed by atoms with E-state index in [9.17, 15) is 66.1 Å². The highest BCUT2D eigenvalue weighted by Gasteiger charge is 2.52. The third kappa shape index (κ3) is 7.34. The lowest BCUT2D eigenvalue weighted by atomic mass is 9.97. The third-order valence-corrected chi connectivity index (χ3v) is 9.37. The molecule has 0 bridgehead atoms. The smallest absolute Gasteiger partial charge is 0.239 e. The Bertz CT molecular complexity index is 1830. The van der Waals surface area contributed by atoms with Crippen LogP contribution >= 0.6 is 0 Å². The summed E-state index contributed by atoms with van der Waals surface area (Å²) in [5.41, 5.74) is -1.54. The Morgan fingerprint density at radius 3 is 1.91 bits per heavy atom. The summed E-state index contributed by atoms with van der Waals surface area (Å²) in [5.74, 6) is -3.68. The zero-order valence-corrected chi connectivity index (χ0v) is 27.9. The minimum atomic E-state index is -2.04. The summed E-state index contributed by atoms with van der Waals surface area (Å²) < 4.78 is 40.1. The first-order valence-corrected chi connectivity index (χ1v) is 16.4. The lowest BCUT2D eigenvalue weighted by Crippen LogP contribution is -2.65. The van der Waals surface area contributed by atoms with Gasteiger partial charge in [0.2, 0.25) is 17.5 Å². The molecular formula is C33H40O20. The van der Waals surface area contributed by atoms with Gasteiger partial charge in [0, 0.05) is 17.7 Å². The Labute approximate surface area is 298 Å². The van der Waals surface area contributed by atoms with Gasteiger partial charge in [-0.2, -0.15) is 0 Å². The molecule has 0 radical (unpaired) electrons. The molecule has 12 N–H and O–H groups in total. The molecular weight excluding hydrogens is 716 g/mol. The van der Waals surface area contributed by atoms with E-state index in [4.69, 9.17) is 32.8 Å².